The molecule has 0 aromatic heterocycles. The first-order valence-corrected chi connectivity index (χ1v) is 2.28. The first-order valence-electron chi connectivity index (χ1n) is 2.28. The van der Waals surface area contributed by atoms with Crippen molar-refractivity contribution in [1.82, 2.24) is 0 Å². The van der Waals surface area contributed by atoms with E-state index in [0.29, 0.717) is 0 Å². The van der Waals surface area contributed by atoms with Gasteiger partial charge in [-0.25, -0.2) is 9.59 Å². The third kappa shape index (κ3) is 7.75. The number of rotatable bonds is 3. The number of carbonyl (C=O) groups is 2. The number of aliphatic hydroxyl groups is 2. The van der Waals surface area contributed by atoms with E-state index in [2.05, 4.69) is 0 Å². The Morgan fingerprint density at radius 1 is 0.846 bits per heavy atom. The molecule has 0 aliphatic carbocycles. The van der Waals surface area contributed by atoms with Crippen LogP contribution in [0.1, 0.15) is 0 Å². The van der Waals surface area contributed by atoms with Crippen LogP contribution in [0, 0.1) is 0 Å². The molecule has 9 heteroatoms. The summed E-state index contributed by atoms with van der Waals surface area (Å²) in [7, 11) is 0. The van der Waals surface area contributed by atoms with Crippen molar-refractivity contribution in [3.8, 4) is 0 Å². The Labute approximate surface area is 85.2 Å². The summed E-state index contributed by atoms with van der Waals surface area (Å²) in [5, 5.41) is 32.5. The molecular formula is C4H10O8Zn. The van der Waals surface area contributed by atoms with E-state index in [0.717, 1.165) is 0 Å². The van der Waals surface area contributed by atoms with Crippen LogP contribution in [0.25, 0.3) is 0 Å². The Hall–Kier alpha value is -0.597. The Morgan fingerprint density at radius 3 is 1.08 bits per heavy atom. The fourth-order valence-electron chi connectivity index (χ4n) is 0.270. The van der Waals surface area contributed by atoms with Gasteiger partial charge in [0.15, 0.2) is 12.2 Å². The molecule has 13 heavy (non-hydrogen) atoms. The summed E-state index contributed by atoms with van der Waals surface area (Å²) in [6, 6.07) is 0. The maximum atomic E-state index is 9.77. The minimum absolute atomic E-state index is 0. The van der Waals surface area contributed by atoms with Crippen molar-refractivity contribution in [2.45, 2.75) is 12.2 Å². The predicted octanol–water partition coefficient (Wildman–Crippen LogP) is -3.77. The topological polar surface area (TPSA) is 178 Å². The van der Waals surface area contributed by atoms with Gasteiger partial charge in [-0.1, -0.05) is 0 Å². The molecule has 8 N–H and O–H groups in total. The molecule has 0 heterocycles. The molecule has 0 fully saturated rings. The molecule has 0 aliphatic rings. The minimum atomic E-state index is -2.27. The van der Waals surface area contributed by atoms with Crippen LogP contribution in [0.3, 0.4) is 0 Å². The van der Waals surface area contributed by atoms with Crippen molar-refractivity contribution >= 4 is 11.9 Å². The molecule has 0 spiro atoms. The van der Waals surface area contributed by atoms with Gasteiger partial charge >= 0.3 is 11.9 Å². The summed E-state index contributed by atoms with van der Waals surface area (Å²) in [4.78, 5) is 19.5. The zero-order valence-electron chi connectivity index (χ0n) is 6.47. The number of carboxylic acids is 2. The van der Waals surface area contributed by atoms with Crippen LogP contribution in [0.2, 0.25) is 0 Å². The molecule has 2 atom stereocenters. The van der Waals surface area contributed by atoms with Gasteiger partial charge < -0.3 is 31.4 Å². The minimum Gasteiger partial charge on any atom is -0.479 e. The van der Waals surface area contributed by atoms with Crippen LogP contribution in [-0.2, 0) is 29.1 Å². The van der Waals surface area contributed by atoms with Crippen molar-refractivity contribution in [3.63, 3.8) is 0 Å². The van der Waals surface area contributed by atoms with Crippen molar-refractivity contribution in [1.29, 1.82) is 0 Å². The summed E-state index contributed by atoms with van der Waals surface area (Å²) < 4.78 is 0. The Morgan fingerprint density at radius 2 is 1.00 bits per heavy atom. The van der Waals surface area contributed by atoms with Crippen LogP contribution in [0.5, 0.6) is 0 Å². The van der Waals surface area contributed by atoms with Gasteiger partial charge in [0, 0.05) is 19.5 Å². The fourth-order valence-corrected chi connectivity index (χ4v) is 0.270. The van der Waals surface area contributed by atoms with Crippen LogP contribution >= 0.6 is 0 Å². The van der Waals surface area contributed by atoms with Gasteiger partial charge in [0.25, 0.3) is 0 Å². The first kappa shape index (κ1) is 22.8. The molecule has 0 amide bonds. The van der Waals surface area contributed by atoms with Gasteiger partial charge in [-0.2, -0.15) is 0 Å². The summed E-state index contributed by atoms with van der Waals surface area (Å²) in [6.45, 7) is 0. The molecule has 0 radical (unpaired) electrons. The summed E-state index contributed by atoms with van der Waals surface area (Å²) in [5.41, 5.74) is 0. The normalized spacial score (nSPS) is 12.2. The van der Waals surface area contributed by atoms with Gasteiger partial charge in [0.05, 0.1) is 0 Å². The van der Waals surface area contributed by atoms with Crippen LogP contribution in [0.15, 0.2) is 0 Å². The number of hydrogen-bond acceptors (Lipinski definition) is 4. The number of hydrogen-bond donors (Lipinski definition) is 4. The van der Waals surface area contributed by atoms with E-state index in [9.17, 15) is 9.59 Å². The zero-order chi connectivity index (χ0) is 8.31. The molecule has 0 aromatic carbocycles. The predicted molar refractivity (Wildman–Crippen MR) is 34.5 cm³/mol. The molecule has 0 saturated heterocycles. The molecule has 0 aliphatic heterocycles. The van der Waals surface area contributed by atoms with E-state index in [4.69, 9.17) is 20.4 Å². The molecule has 0 rings (SSSR count). The average molecular weight is 252 g/mol. The maximum absolute atomic E-state index is 9.77. The second kappa shape index (κ2) is 9.49. The van der Waals surface area contributed by atoms with Gasteiger partial charge in [0.2, 0.25) is 0 Å². The van der Waals surface area contributed by atoms with Crippen molar-refractivity contribution < 1.29 is 60.4 Å². The second-order valence-electron chi connectivity index (χ2n) is 1.57. The van der Waals surface area contributed by atoms with Crippen LogP contribution in [-0.4, -0.2) is 55.5 Å². The molecule has 2 unspecified atom stereocenters. The number of carboxylic acid groups (broad SMARTS) is 2. The van der Waals surface area contributed by atoms with E-state index >= 15 is 0 Å². The van der Waals surface area contributed by atoms with Crippen LogP contribution < -0.4 is 0 Å². The molecule has 76 valence electrons. The quantitative estimate of drug-likeness (QED) is 0.374. The largest absolute Gasteiger partial charge is 0.479 e. The van der Waals surface area contributed by atoms with E-state index in [1.54, 1.807) is 0 Å². The average Bonchev–Trinajstić information content (AvgIpc) is 1.84. The third-order valence-electron chi connectivity index (χ3n) is 0.805. The molecule has 8 nitrogen and oxygen atoms in total. The number of aliphatic hydroxyl groups excluding tert-OH is 2. The summed E-state index contributed by atoms with van der Waals surface area (Å²) in [6.07, 6.45) is -4.53. The smallest absolute Gasteiger partial charge is 0.335 e. The van der Waals surface area contributed by atoms with Gasteiger partial charge in [-0.05, 0) is 0 Å². The third-order valence-corrected chi connectivity index (χ3v) is 0.805. The van der Waals surface area contributed by atoms with Crippen molar-refractivity contribution in [3.05, 3.63) is 0 Å². The van der Waals surface area contributed by atoms with Gasteiger partial charge in [-0.3, -0.25) is 0 Å². The number of aliphatic carboxylic acids is 2. The standard InChI is InChI=1S/C4H6O6.2H2O.Zn/c5-1(3(7)8)2(6)4(9)10;;;/h1-2,5-6H,(H,7,8)(H,9,10);2*1H2;. The molecule has 0 bridgehead atoms. The maximum Gasteiger partial charge on any atom is 0.335 e. The van der Waals surface area contributed by atoms with E-state index < -0.39 is 24.1 Å². The Kier molecular flexibility index (Phi) is 16.7. The monoisotopic (exact) mass is 250 g/mol. The Balaban J connectivity index is -0.000000135. The first-order chi connectivity index (χ1) is 4.46. The van der Waals surface area contributed by atoms with Crippen molar-refractivity contribution in [2.24, 2.45) is 0 Å². The fraction of sp³-hybridized carbons (Fsp3) is 0.500. The summed E-state index contributed by atoms with van der Waals surface area (Å²) in [5.74, 6) is -3.54. The van der Waals surface area contributed by atoms with E-state index in [1.807, 2.05) is 0 Å². The van der Waals surface area contributed by atoms with Crippen LogP contribution in [0.4, 0.5) is 0 Å². The van der Waals surface area contributed by atoms with Gasteiger partial charge in [-0.15, -0.1) is 0 Å². The van der Waals surface area contributed by atoms with Gasteiger partial charge in [0.1, 0.15) is 0 Å². The SMILES string of the molecule is O.O.O=C(O)C(O)C(O)C(=O)O.[Zn]. The molecule has 0 aromatic rings. The van der Waals surface area contributed by atoms with E-state index in [-0.39, 0.29) is 30.4 Å². The Bertz CT molecular complexity index is 140. The summed E-state index contributed by atoms with van der Waals surface area (Å²) >= 11 is 0. The van der Waals surface area contributed by atoms with E-state index in [1.165, 1.54) is 0 Å². The second-order valence-corrected chi connectivity index (χ2v) is 1.57. The zero-order valence-corrected chi connectivity index (χ0v) is 9.43. The molecule has 0 saturated carbocycles. The molecular weight excluding hydrogens is 241 g/mol. The van der Waals surface area contributed by atoms with Crippen molar-refractivity contribution in [2.75, 3.05) is 0 Å².